The Morgan fingerprint density at radius 2 is 2.14 bits per heavy atom. The zero-order valence-corrected chi connectivity index (χ0v) is 12.5. The number of hydrogen-bond acceptors (Lipinski definition) is 5. The van der Waals surface area contributed by atoms with Gasteiger partial charge in [0.25, 0.3) is 0 Å². The number of nitrogens with zero attached hydrogens (tertiary/aromatic N) is 3. The lowest BCUT2D eigenvalue weighted by molar-refractivity contribution is 0.133. The van der Waals surface area contributed by atoms with Crippen molar-refractivity contribution in [3.05, 3.63) is 47.4 Å². The number of ether oxygens (including phenoxy) is 1. The Bertz CT molecular complexity index is 644. The molecule has 1 aromatic carbocycles. The van der Waals surface area contributed by atoms with E-state index in [2.05, 4.69) is 14.9 Å². The Kier molecular flexibility index (Phi) is 4.20. The monoisotopic (exact) mass is 302 g/mol. The van der Waals surface area contributed by atoms with Crippen LogP contribution in [0.1, 0.15) is 23.7 Å². The molecule has 2 N–H and O–H groups in total. The highest BCUT2D eigenvalue weighted by Gasteiger charge is 2.27. The van der Waals surface area contributed by atoms with Crippen molar-refractivity contribution in [2.75, 3.05) is 30.4 Å². The second-order valence-corrected chi connectivity index (χ2v) is 5.38. The Morgan fingerprint density at radius 1 is 1.32 bits per heavy atom. The number of anilines is 2. The van der Waals surface area contributed by atoms with E-state index in [9.17, 15) is 4.39 Å². The minimum atomic E-state index is -0.234. The molecule has 0 radical (unpaired) electrons. The van der Waals surface area contributed by atoms with E-state index in [0.717, 1.165) is 18.7 Å². The molecule has 5 nitrogen and oxygen atoms in total. The van der Waals surface area contributed by atoms with Crippen molar-refractivity contribution >= 4 is 11.8 Å². The second-order valence-electron chi connectivity index (χ2n) is 5.38. The number of nitrogens with two attached hydrogens (primary N) is 1. The van der Waals surface area contributed by atoms with Crippen LogP contribution in [0.25, 0.3) is 0 Å². The van der Waals surface area contributed by atoms with Crippen LogP contribution in [0.2, 0.25) is 0 Å². The average Bonchev–Trinajstić information content (AvgIpc) is 2.72. The van der Waals surface area contributed by atoms with Crippen LogP contribution in [0.3, 0.4) is 0 Å². The predicted octanol–water partition coefficient (Wildman–Crippen LogP) is 2.47. The molecule has 116 valence electrons. The highest BCUT2D eigenvalue weighted by atomic mass is 19.1. The normalized spacial score (nSPS) is 19.0. The number of rotatable bonds is 2. The standard InChI is InChI=1S/C16H19FN4O/c1-11-9-15(20-16(18)19-11)21-7-4-8-22-10-14(21)12-5-2-3-6-13(12)17/h2-3,5-6,9,14H,4,7-8,10H2,1H3,(H2,18,19,20)/t14-/m0/s1. The van der Waals surface area contributed by atoms with Crippen molar-refractivity contribution < 1.29 is 9.13 Å². The Hall–Kier alpha value is -2.21. The van der Waals surface area contributed by atoms with Crippen LogP contribution in [0.15, 0.2) is 30.3 Å². The molecule has 0 saturated carbocycles. The van der Waals surface area contributed by atoms with Gasteiger partial charge in [-0.3, -0.25) is 0 Å². The van der Waals surface area contributed by atoms with E-state index in [1.165, 1.54) is 6.07 Å². The summed E-state index contributed by atoms with van der Waals surface area (Å²) in [6.45, 7) is 3.67. The van der Waals surface area contributed by atoms with Gasteiger partial charge in [-0.05, 0) is 19.4 Å². The molecule has 22 heavy (non-hydrogen) atoms. The Morgan fingerprint density at radius 3 is 2.91 bits per heavy atom. The number of aromatic nitrogens is 2. The summed E-state index contributed by atoms with van der Waals surface area (Å²) in [5.41, 5.74) is 7.17. The van der Waals surface area contributed by atoms with Crippen molar-refractivity contribution in [1.82, 2.24) is 9.97 Å². The number of hydrogen-bond donors (Lipinski definition) is 1. The van der Waals surface area contributed by atoms with E-state index >= 15 is 0 Å². The number of nitrogen functional groups attached to an aromatic ring is 1. The fraction of sp³-hybridized carbons (Fsp3) is 0.375. The van der Waals surface area contributed by atoms with Gasteiger partial charge in [0, 0.05) is 30.5 Å². The molecule has 0 amide bonds. The summed E-state index contributed by atoms with van der Waals surface area (Å²) in [4.78, 5) is 10.5. The molecule has 3 rings (SSSR count). The number of benzene rings is 1. The average molecular weight is 302 g/mol. The Balaban J connectivity index is 2.03. The number of aryl methyl sites for hydroxylation is 1. The van der Waals surface area contributed by atoms with Gasteiger partial charge in [0.2, 0.25) is 5.95 Å². The van der Waals surface area contributed by atoms with Gasteiger partial charge in [-0.15, -0.1) is 0 Å². The van der Waals surface area contributed by atoms with Crippen LogP contribution in [0.4, 0.5) is 16.2 Å². The fourth-order valence-corrected chi connectivity index (χ4v) is 2.78. The van der Waals surface area contributed by atoms with Gasteiger partial charge in [-0.25, -0.2) is 9.37 Å². The van der Waals surface area contributed by atoms with Crippen LogP contribution in [0, 0.1) is 12.7 Å². The third-order valence-electron chi connectivity index (χ3n) is 3.76. The molecule has 6 heteroatoms. The van der Waals surface area contributed by atoms with Crippen molar-refractivity contribution in [3.8, 4) is 0 Å². The van der Waals surface area contributed by atoms with Crippen LogP contribution in [-0.2, 0) is 4.74 Å². The number of halogens is 1. The van der Waals surface area contributed by atoms with E-state index in [0.29, 0.717) is 24.6 Å². The maximum Gasteiger partial charge on any atom is 0.222 e. The summed E-state index contributed by atoms with van der Waals surface area (Å²) in [5, 5.41) is 0. The summed E-state index contributed by atoms with van der Waals surface area (Å²) in [5.74, 6) is 0.706. The topological polar surface area (TPSA) is 64.3 Å². The molecule has 0 spiro atoms. The maximum absolute atomic E-state index is 14.2. The quantitative estimate of drug-likeness (QED) is 0.923. The predicted molar refractivity (Wildman–Crippen MR) is 83.1 cm³/mol. The maximum atomic E-state index is 14.2. The third-order valence-corrected chi connectivity index (χ3v) is 3.76. The summed E-state index contributed by atoms with van der Waals surface area (Å²) in [6.07, 6.45) is 0.855. The van der Waals surface area contributed by atoms with Crippen molar-refractivity contribution in [2.24, 2.45) is 0 Å². The summed E-state index contributed by atoms with van der Waals surface area (Å²) in [6, 6.07) is 8.43. The van der Waals surface area contributed by atoms with E-state index in [1.54, 1.807) is 12.1 Å². The minimum absolute atomic E-state index is 0.225. The highest BCUT2D eigenvalue weighted by Crippen LogP contribution is 2.30. The largest absolute Gasteiger partial charge is 0.379 e. The zero-order valence-electron chi connectivity index (χ0n) is 12.5. The molecule has 0 aliphatic carbocycles. The van der Waals surface area contributed by atoms with Gasteiger partial charge < -0.3 is 15.4 Å². The second kappa shape index (κ2) is 6.27. The first-order valence-electron chi connectivity index (χ1n) is 7.35. The highest BCUT2D eigenvalue weighted by molar-refractivity contribution is 5.46. The van der Waals surface area contributed by atoms with E-state index in [-0.39, 0.29) is 17.8 Å². The van der Waals surface area contributed by atoms with Crippen LogP contribution >= 0.6 is 0 Å². The van der Waals surface area contributed by atoms with Crippen molar-refractivity contribution in [1.29, 1.82) is 0 Å². The lowest BCUT2D eigenvalue weighted by Gasteiger charge is -2.31. The molecule has 1 aliphatic rings. The van der Waals surface area contributed by atoms with E-state index in [1.807, 2.05) is 19.1 Å². The first-order chi connectivity index (χ1) is 10.6. The van der Waals surface area contributed by atoms with Crippen LogP contribution in [-0.4, -0.2) is 29.7 Å². The molecule has 1 aromatic heterocycles. The minimum Gasteiger partial charge on any atom is -0.379 e. The molecular formula is C16H19FN4O. The van der Waals surface area contributed by atoms with Gasteiger partial charge in [-0.2, -0.15) is 4.98 Å². The Labute approximate surface area is 128 Å². The molecule has 1 aliphatic heterocycles. The molecule has 0 bridgehead atoms. The van der Waals surface area contributed by atoms with Gasteiger partial charge in [0.05, 0.1) is 12.6 Å². The lowest BCUT2D eigenvalue weighted by atomic mass is 10.1. The summed E-state index contributed by atoms with van der Waals surface area (Å²) in [7, 11) is 0. The smallest absolute Gasteiger partial charge is 0.222 e. The molecule has 1 fully saturated rings. The summed E-state index contributed by atoms with van der Waals surface area (Å²) >= 11 is 0. The van der Waals surface area contributed by atoms with Gasteiger partial charge >= 0.3 is 0 Å². The lowest BCUT2D eigenvalue weighted by Crippen LogP contribution is -2.32. The van der Waals surface area contributed by atoms with E-state index in [4.69, 9.17) is 10.5 Å². The molecule has 1 atom stereocenters. The summed E-state index contributed by atoms with van der Waals surface area (Å²) < 4.78 is 19.9. The SMILES string of the molecule is Cc1cc(N2CCCOC[C@H]2c2ccccc2F)nc(N)n1. The molecule has 0 unspecified atom stereocenters. The third kappa shape index (κ3) is 3.01. The molecule has 2 heterocycles. The molecule has 2 aromatic rings. The van der Waals surface area contributed by atoms with Crippen molar-refractivity contribution in [3.63, 3.8) is 0 Å². The zero-order chi connectivity index (χ0) is 15.5. The molecular weight excluding hydrogens is 283 g/mol. The van der Waals surface area contributed by atoms with E-state index < -0.39 is 0 Å². The van der Waals surface area contributed by atoms with Gasteiger partial charge in [-0.1, -0.05) is 18.2 Å². The van der Waals surface area contributed by atoms with Crippen LogP contribution < -0.4 is 10.6 Å². The van der Waals surface area contributed by atoms with Crippen molar-refractivity contribution in [2.45, 2.75) is 19.4 Å². The molecule has 1 saturated heterocycles. The first kappa shape index (κ1) is 14.7. The fourth-order valence-electron chi connectivity index (χ4n) is 2.78. The van der Waals surface area contributed by atoms with Gasteiger partial charge in [0.15, 0.2) is 0 Å². The first-order valence-corrected chi connectivity index (χ1v) is 7.35. The van der Waals surface area contributed by atoms with Crippen LogP contribution in [0.5, 0.6) is 0 Å². The van der Waals surface area contributed by atoms with Gasteiger partial charge in [0.1, 0.15) is 11.6 Å².